The van der Waals surface area contributed by atoms with E-state index in [0.717, 1.165) is 18.2 Å². The molecule has 0 aliphatic heterocycles. The summed E-state index contributed by atoms with van der Waals surface area (Å²) in [6.45, 7) is 1.66. The Kier molecular flexibility index (Phi) is 3.71. The first kappa shape index (κ1) is 13.4. The molecule has 0 radical (unpaired) electrons. The fraction of sp³-hybridized carbons (Fsp3) is 0.0833. The van der Waals surface area contributed by atoms with Gasteiger partial charge in [-0.2, -0.15) is 0 Å². The summed E-state index contributed by atoms with van der Waals surface area (Å²) >= 11 is 5.70. The van der Waals surface area contributed by atoms with Crippen LogP contribution in [-0.2, 0) is 0 Å². The molecular formula is C12H8ClF2N3O. The molecule has 1 heterocycles. The van der Waals surface area contributed by atoms with Gasteiger partial charge in [0.25, 0.3) is 5.91 Å². The zero-order valence-corrected chi connectivity index (χ0v) is 10.5. The second-order valence-corrected chi connectivity index (χ2v) is 4.12. The van der Waals surface area contributed by atoms with E-state index in [2.05, 4.69) is 15.3 Å². The lowest BCUT2D eigenvalue weighted by atomic mass is 10.2. The van der Waals surface area contributed by atoms with Crippen molar-refractivity contribution >= 4 is 23.5 Å². The number of amides is 1. The number of benzene rings is 1. The van der Waals surface area contributed by atoms with Gasteiger partial charge in [-0.25, -0.2) is 18.7 Å². The molecule has 0 aliphatic rings. The Balaban J connectivity index is 2.28. The van der Waals surface area contributed by atoms with Gasteiger partial charge in [-0.3, -0.25) is 10.1 Å². The molecule has 1 aromatic heterocycles. The number of carbonyl (C=O) groups excluding carboxylic acids is 1. The van der Waals surface area contributed by atoms with Crippen molar-refractivity contribution in [2.75, 3.05) is 5.32 Å². The van der Waals surface area contributed by atoms with E-state index in [1.807, 2.05) is 0 Å². The largest absolute Gasteiger partial charge is 0.290 e. The average Bonchev–Trinajstić information content (AvgIpc) is 2.30. The number of nitrogens with one attached hydrogen (secondary N) is 1. The van der Waals surface area contributed by atoms with Gasteiger partial charge in [0.2, 0.25) is 5.95 Å². The van der Waals surface area contributed by atoms with Crippen molar-refractivity contribution in [3.05, 3.63) is 52.3 Å². The van der Waals surface area contributed by atoms with Gasteiger partial charge in [-0.1, -0.05) is 11.6 Å². The van der Waals surface area contributed by atoms with Crippen LogP contribution in [0.5, 0.6) is 0 Å². The molecule has 0 unspecified atom stereocenters. The van der Waals surface area contributed by atoms with Gasteiger partial charge in [0.1, 0.15) is 16.8 Å². The first-order chi connectivity index (χ1) is 8.95. The third-order valence-electron chi connectivity index (χ3n) is 2.22. The number of anilines is 1. The molecule has 1 N–H and O–H groups in total. The molecule has 0 bridgehead atoms. The van der Waals surface area contributed by atoms with Crippen LogP contribution in [-0.4, -0.2) is 15.9 Å². The van der Waals surface area contributed by atoms with E-state index in [0.29, 0.717) is 5.69 Å². The lowest BCUT2D eigenvalue weighted by molar-refractivity contribution is 0.102. The molecular weight excluding hydrogens is 276 g/mol. The van der Waals surface area contributed by atoms with Crippen molar-refractivity contribution in [3.8, 4) is 0 Å². The van der Waals surface area contributed by atoms with Gasteiger partial charge in [0, 0.05) is 5.69 Å². The summed E-state index contributed by atoms with van der Waals surface area (Å²) in [5.74, 6) is -2.47. The van der Waals surface area contributed by atoms with Gasteiger partial charge in [-0.05, 0) is 31.2 Å². The van der Waals surface area contributed by atoms with Crippen molar-refractivity contribution in [3.63, 3.8) is 0 Å². The number of carbonyl (C=O) groups is 1. The molecule has 4 nitrogen and oxygen atoms in total. The summed E-state index contributed by atoms with van der Waals surface area (Å²) in [4.78, 5) is 19.4. The minimum Gasteiger partial charge on any atom is -0.290 e. The van der Waals surface area contributed by atoms with Gasteiger partial charge >= 0.3 is 0 Å². The van der Waals surface area contributed by atoms with E-state index in [-0.39, 0.29) is 11.1 Å². The molecule has 0 atom stereocenters. The van der Waals surface area contributed by atoms with Crippen LogP contribution in [0.3, 0.4) is 0 Å². The van der Waals surface area contributed by atoms with E-state index in [9.17, 15) is 13.6 Å². The Labute approximate surface area is 112 Å². The normalized spacial score (nSPS) is 10.3. The zero-order valence-electron chi connectivity index (χ0n) is 9.75. The third kappa shape index (κ3) is 3.23. The van der Waals surface area contributed by atoms with Crippen molar-refractivity contribution < 1.29 is 13.6 Å². The number of aromatic nitrogens is 2. The standard InChI is InChI=1S/C12H8ClF2N3O/c1-6-4-10(13)17-12(16-6)18-11(19)8-5-7(14)2-3-9(8)15/h2-5H,1H3,(H,16,17,18,19). The second kappa shape index (κ2) is 5.27. The number of rotatable bonds is 2. The summed E-state index contributed by atoms with van der Waals surface area (Å²) in [6, 6.07) is 4.09. The molecule has 2 aromatic rings. The van der Waals surface area contributed by atoms with Crippen LogP contribution in [0.15, 0.2) is 24.3 Å². The molecule has 0 fully saturated rings. The number of hydrogen-bond donors (Lipinski definition) is 1. The highest BCUT2D eigenvalue weighted by atomic mass is 35.5. The number of aryl methyl sites for hydroxylation is 1. The number of hydrogen-bond acceptors (Lipinski definition) is 3. The number of nitrogens with zero attached hydrogens (tertiary/aromatic N) is 2. The molecule has 98 valence electrons. The van der Waals surface area contributed by atoms with Crippen molar-refractivity contribution in [2.45, 2.75) is 6.92 Å². The van der Waals surface area contributed by atoms with Crippen LogP contribution in [0, 0.1) is 18.6 Å². The van der Waals surface area contributed by atoms with E-state index in [1.165, 1.54) is 6.07 Å². The molecule has 0 aliphatic carbocycles. The maximum atomic E-state index is 13.4. The molecule has 1 aromatic carbocycles. The van der Waals surface area contributed by atoms with Crippen LogP contribution < -0.4 is 5.32 Å². The molecule has 2 rings (SSSR count). The Morgan fingerprint density at radius 2 is 2.00 bits per heavy atom. The zero-order chi connectivity index (χ0) is 14.0. The molecule has 7 heteroatoms. The van der Waals surface area contributed by atoms with E-state index in [4.69, 9.17) is 11.6 Å². The van der Waals surface area contributed by atoms with Crippen LogP contribution in [0.25, 0.3) is 0 Å². The fourth-order valence-electron chi connectivity index (χ4n) is 1.43. The summed E-state index contributed by atoms with van der Waals surface area (Å²) in [5, 5.41) is 2.40. The summed E-state index contributed by atoms with van der Waals surface area (Å²) in [6.07, 6.45) is 0. The summed E-state index contributed by atoms with van der Waals surface area (Å²) < 4.78 is 26.4. The van der Waals surface area contributed by atoms with Crippen LogP contribution in [0.4, 0.5) is 14.7 Å². The van der Waals surface area contributed by atoms with Crippen molar-refractivity contribution in [1.29, 1.82) is 0 Å². The van der Waals surface area contributed by atoms with E-state index in [1.54, 1.807) is 6.92 Å². The predicted molar refractivity (Wildman–Crippen MR) is 66.1 cm³/mol. The Morgan fingerprint density at radius 1 is 1.26 bits per heavy atom. The predicted octanol–water partition coefficient (Wildman–Crippen LogP) is 2.97. The molecule has 1 amide bonds. The maximum absolute atomic E-state index is 13.4. The maximum Gasteiger partial charge on any atom is 0.261 e. The second-order valence-electron chi connectivity index (χ2n) is 3.73. The average molecular weight is 284 g/mol. The summed E-state index contributed by atoms with van der Waals surface area (Å²) in [5.41, 5.74) is 0.108. The third-order valence-corrected chi connectivity index (χ3v) is 2.41. The minimum atomic E-state index is -0.848. The molecule has 0 saturated carbocycles. The number of halogens is 3. The van der Waals surface area contributed by atoms with E-state index >= 15 is 0 Å². The smallest absolute Gasteiger partial charge is 0.261 e. The Morgan fingerprint density at radius 3 is 2.68 bits per heavy atom. The highest BCUT2D eigenvalue weighted by molar-refractivity contribution is 6.29. The van der Waals surface area contributed by atoms with Gasteiger partial charge in [0.15, 0.2) is 0 Å². The lowest BCUT2D eigenvalue weighted by Gasteiger charge is -2.05. The van der Waals surface area contributed by atoms with Crippen LogP contribution >= 0.6 is 11.6 Å². The molecule has 19 heavy (non-hydrogen) atoms. The van der Waals surface area contributed by atoms with Crippen molar-refractivity contribution in [2.24, 2.45) is 0 Å². The SMILES string of the molecule is Cc1cc(Cl)nc(NC(=O)c2cc(F)ccc2F)n1. The summed E-state index contributed by atoms with van der Waals surface area (Å²) in [7, 11) is 0. The van der Waals surface area contributed by atoms with Crippen LogP contribution in [0.1, 0.15) is 16.1 Å². The fourth-order valence-corrected chi connectivity index (χ4v) is 1.66. The Hall–Kier alpha value is -2.08. The van der Waals surface area contributed by atoms with Crippen LogP contribution in [0.2, 0.25) is 5.15 Å². The minimum absolute atomic E-state index is 0.0707. The first-order valence-corrected chi connectivity index (χ1v) is 5.61. The molecule has 0 spiro atoms. The molecule has 0 saturated heterocycles. The van der Waals surface area contributed by atoms with Crippen molar-refractivity contribution in [1.82, 2.24) is 9.97 Å². The van der Waals surface area contributed by atoms with E-state index < -0.39 is 23.1 Å². The monoisotopic (exact) mass is 283 g/mol. The lowest BCUT2D eigenvalue weighted by Crippen LogP contribution is -2.16. The Bertz CT molecular complexity index is 629. The van der Waals surface area contributed by atoms with Gasteiger partial charge < -0.3 is 0 Å². The van der Waals surface area contributed by atoms with Gasteiger partial charge in [0.05, 0.1) is 5.56 Å². The topological polar surface area (TPSA) is 54.9 Å². The first-order valence-electron chi connectivity index (χ1n) is 5.23. The quantitative estimate of drug-likeness (QED) is 0.862. The highest BCUT2D eigenvalue weighted by Crippen LogP contribution is 2.13. The highest BCUT2D eigenvalue weighted by Gasteiger charge is 2.14. The van der Waals surface area contributed by atoms with Gasteiger partial charge in [-0.15, -0.1) is 0 Å².